The quantitative estimate of drug-likeness (QED) is 0.568. The number of rotatable bonds is 6. The number of anilines is 1. The lowest BCUT2D eigenvalue weighted by atomic mass is 10.1. The molecular formula is C23H25FN4O2S. The van der Waals surface area contributed by atoms with Crippen LogP contribution in [0.1, 0.15) is 22.8 Å². The van der Waals surface area contributed by atoms with Crippen molar-refractivity contribution in [3.63, 3.8) is 0 Å². The molecule has 1 aliphatic heterocycles. The molecule has 4 rings (SSSR count). The van der Waals surface area contributed by atoms with Crippen LogP contribution >= 0.6 is 11.9 Å². The molecule has 0 bridgehead atoms. The van der Waals surface area contributed by atoms with Crippen LogP contribution in [-0.4, -0.2) is 46.3 Å². The Kier molecular flexibility index (Phi) is 6.70. The van der Waals surface area contributed by atoms with E-state index >= 15 is 0 Å². The topological polar surface area (TPSA) is 59.4 Å². The molecule has 3 aromatic rings. The average molecular weight is 441 g/mol. The van der Waals surface area contributed by atoms with Gasteiger partial charge >= 0.3 is 0 Å². The number of carbonyl (C=O) groups excluding carboxylic acids is 1. The molecule has 0 unspecified atom stereocenters. The molecule has 0 aliphatic carbocycles. The molecule has 0 saturated carbocycles. The molecule has 0 radical (unpaired) electrons. The molecule has 0 atom stereocenters. The van der Waals surface area contributed by atoms with Crippen molar-refractivity contribution in [3.05, 3.63) is 65.6 Å². The van der Waals surface area contributed by atoms with Crippen molar-refractivity contribution >= 4 is 23.5 Å². The van der Waals surface area contributed by atoms with Crippen LogP contribution in [0.5, 0.6) is 0 Å². The molecule has 1 N–H and O–H groups in total. The highest BCUT2D eigenvalue weighted by Crippen LogP contribution is 2.30. The van der Waals surface area contributed by atoms with Crippen LogP contribution in [0.3, 0.4) is 0 Å². The van der Waals surface area contributed by atoms with Gasteiger partial charge in [-0.05, 0) is 67.8 Å². The summed E-state index contributed by atoms with van der Waals surface area (Å²) in [7, 11) is 0. The zero-order valence-corrected chi connectivity index (χ0v) is 18.4. The van der Waals surface area contributed by atoms with Crippen molar-refractivity contribution in [2.24, 2.45) is 0 Å². The smallest absolute Gasteiger partial charge is 0.259 e. The Morgan fingerprint density at radius 2 is 1.94 bits per heavy atom. The van der Waals surface area contributed by atoms with Crippen LogP contribution in [-0.2, 0) is 11.3 Å². The van der Waals surface area contributed by atoms with E-state index in [0.29, 0.717) is 17.8 Å². The number of ether oxygens (including phenoxy) is 1. The lowest BCUT2D eigenvalue weighted by Gasteiger charge is -2.26. The van der Waals surface area contributed by atoms with Crippen molar-refractivity contribution < 1.29 is 13.9 Å². The number of aryl methyl sites for hydroxylation is 2. The fourth-order valence-corrected chi connectivity index (χ4v) is 4.46. The number of hydrogen-bond acceptors (Lipinski definition) is 5. The maximum absolute atomic E-state index is 13.4. The van der Waals surface area contributed by atoms with Crippen LogP contribution in [0.25, 0.3) is 11.3 Å². The van der Waals surface area contributed by atoms with Gasteiger partial charge in [0.2, 0.25) is 0 Å². The van der Waals surface area contributed by atoms with E-state index in [0.717, 1.165) is 48.0 Å². The van der Waals surface area contributed by atoms with Gasteiger partial charge in [0, 0.05) is 35.8 Å². The molecule has 1 saturated heterocycles. The van der Waals surface area contributed by atoms with Crippen molar-refractivity contribution in [1.29, 1.82) is 0 Å². The molecule has 162 valence electrons. The minimum atomic E-state index is -0.317. The van der Waals surface area contributed by atoms with Gasteiger partial charge in [-0.2, -0.15) is 5.10 Å². The van der Waals surface area contributed by atoms with E-state index in [2.05, 4.69) is 21.6 Å². The minimum Gasteiger partial charge on any atom is -0.379 e. The zero-order chi connectivity index (χ0) is 21.8. The van der Waals surface area contributed by atoms with Gasteiger partial charge in [0.15, 0.2) is 0 Å². The molecule has 1 aliphatic rings. The molecule has 8 heteroatoms. The van der Waals surface area contributed by atoms with Crippen molar-refractivity contribution in [2.45, 2.75) is 25.3 Å². The monoisotopic (exact) mass is 440 g/mol. The number of amides is 1. The van der Waals surface area contributed by atoms with Crippen LogP contribution < -0.4 is 5.32 Å². The molecule has 0 spiro atoms. The third-order valence-electron chi connectivity index (χ3n) is 5.14. The van der Waals surface area contributed by atoms with Crippen LogP contribution in [0.15, 0.2) is 53.6 Å². The summed E-state index contributed by atoms with van der Waals surface area (Å²) in [6.45, 7) is 7.83. The molecule has 2 heterocycles. The number of halogens is 1. The Hall–Kier alpha value is -2.68. The second-order valence-corrected chi connectivity index (χ2v) is 8.44. The van der Waals surface area contributed by atoms with Gasteiger partial charge in [0.1, 0.15) is 5.82 Å². The Balaban J connectivity index is 1.57. The van der Waals surface area contributed by atoms with Gasteiger partial charge in [-0.1, -0.05) is 6.07 Å². The van der Waals surface area contributed by atoms with E-state index in [4.69, 9.17) is 4.74 Å². The summed E-state index contributed by atoms with van der Waals surface area (Å²) < 4.78 is 22.8. The van der Waals surface area contributed by atoms with Crippen LogP contribution in [0.2, 0.25) is 0 Å². The standard InChI is InChI=1S/C23H25FN4O2S/c1-3-28-22(17-5-7-18(24)8-6-17)20(15-25-28)23(29)26-19-9-4-16(2)21(14-19)31-27-10-12-30-13-11-27/h4-9,14-15H,3,10-13H2,1-2H3,(H,26,29). The lowest BCUT2D eigenvalue weighted by Crippen LogP contribution is -2.31. The average Bonchev–Trinajstić information content (AvgIpc) is 3.22. The Labute approximate surface area is 185 Å². The van der Waals surface area contributed by atoms with E-state index in [9.17, 15) is 9.18 Å². The summed E-state index contributed by atoms with van der Waals surface area (Å²) in [4.78, 5) is 14.2. The Morgan fingerprint density at radius 1 is 1.19 bits per heavy atom. The third-order valence-corrected chi connectivity index (χ3v) is 6.40. The van der Waals surface area contributed by atoms with Crippen LogP contribution in [0, 0.1) is 12.7 Å². The van der Waals surface area contributed by atoms with Crippen molar-refractivity contribution in [2.75, 3.05) is 31.6 Å². The van der Waals surface area contributed by atoms with Gasteiger partial charge in [0.05, 0.1) is 30.7 Å². The number of hydrogen-bond donors (Lipinski definition) is 1. The molecule has 1 amide bonds. The number of morpholine rings is 1. The van der Waals surface area contributed by atoms with Gasteiger partial charge in [0.25, 0.3) is 5.91 Å². The summed E-state index contributed by atoms with van der Waals surface area (Å²) in [6.07, 6.45) is 1.56. The summed E-state index contributed by atoms with van der Waals surface area (Å²) in [6, 6.07) is 12.0. The summed E-state index contributed by atoms with van der Waals surface area (Å²) in [5.41, 5.74) is 3.76. The molecule has 2 aromatic carbocycles. The Bertz CT molecular complexity index is 1060. The highest BCUT2D eigenvalue weighted by atomic mass is 32.2. The minimum absolute atomic E-state index is 0.245. The molecule has 1 aromatic heterocycles. The maximum Gasteiger partial charge on any atom is 0.259 e. The number of aromatic nitrogens is 2. The number of benzene rings is 2. The normalized spacial score (nSPS) is 14.5. The van der Waals surface area contributed by atoms with Gasteiger partial charge in [-0.25, -0.2) is 8.70 Å². The molecule has 6 nitrogen and oxygen atoms in total. The first-order valence-corrected chi connectivity index (χ1v) is 11.1. The molecule has 1 fully saturated rings. The SMILES string of the molecule is CCn1ncc(C(=O)Nc2ccc(C)c(SN3CCOCC3)c2)c1-c1ccc(F)cc1. The zero-order valence-electron chi connectivity index (χ0n) is 17.6. The summed E-state index contributed by atoms with van der Waals surface area (Å²) in [5.74, 6) is -0.563. The second kappa shape index (κ2) is 9.64. The van der Waals surface area contributed by atoms with E-state index < -0.39 is 0 Å². The first kappa shape index (κ1) is 21.5. The number of carbonyl (C=O) groups is 1. The number of nitrogens with one attached hydrogen (secondary N) is 1. The van der Waals surface area contributed by atoms with Gasteiger partial charge in [-0.3, -0.25) is 9.48 Å². The van der Waals surface area contributed by atoms with E-state index in [-0.39, 0.29) is 11.7 Å². The maximum atomic E-state index is 13.4. The fraction of sp³-hybridized carbons (Fsp3) is 0.304. The highest BCUT2D eigenvalue weighted by molar-refractivity contribution is 7.97. The van der Waals surface area contributed by atoms with Gasteiger partial charge < -0.3 is 10.1 Å². The van der Waals surface area contributed by atoms with Gasteiger partial charge in [-0.15, -0.1) is 0 Å². The lowest BCUT2D eigenvalue weighted by molar-refractivity contribution is 0.0773. The third kappa shape index (κ3) is 4.98. The van der Waals surface area contributed by atoms with E-state index in [1.807, 2.05) is 25.1 Å². The highest BCUT2D eigenvalue weighted by Gasteiger charge is 2.20. The summed E-state index contributed by atoms with van der Waals surface area (Å²) >= 11 is 1.69. The first-order chi connectivity index (χ1) is 15.0. The fourth-order valence-electron chi connectivity index (χ4n) is 3.46. The van der Waals surface area contributed by atoms with E-state index in [1.165, 1.54) is 12.1 Å². The molecular weight excluding hydrogens is 415 g/mol. The van der Waals surface area contributed by atoms with E-state index in [1.54, 1.807) is 35.0 Å². The number of nitrogens with zero attached hydrogens (tertiary/aromatic N) is 3. The van der Waals surface area contributed by atoms with Crippen molar-refractivity contribution in [3.8, 4) is 11.3 Å². The molecule has 31 heavy (non-hydrogen) atoms. The summed E-state index contributed by atoms with van der Waals surface area (Å²) in [5, 5.41) is 7.34. The largest absolute Gasteiger partial charge is 0.379 e. The Morgan fingerprint density at radius 3 is 2.65 bits per heavy atom. The van der Waals surface area contributed by atoms with Crippen LogP contribution in [0.4, 0.5) is 10.1 Å². The predicted octanol–water partition coefficient (Wildman–Crippen LogP) is 4.61. The van der Waals surface area contributed by atoms with Crippen molar-refractivity contribution in [1.82, 2.24) is 14.1 Å². The second-order valence-electron chi connectivity index (χ2n) is 7.30. The predicted molar refractivity (Wildman–Crippen MR) is 121 cm³/mol. The first-order valence-electron chi connectivity index (χ1n) is 10.3.